The molecule has 1 atom stereocenters. The SMILES string of the molecule is O=C1C[C@@]2(CC(c3cccc([N+](=O)[O-])c3)=NO2)C(=O)N1c1ccc(F)cc1. The summed E-state index contributed by atoms with van der Waals surface area (Å²) in [4.78, 5) is 42.0. The average molecular weight is 369 g/mol. The third-order valence-electron chi connectivity index (χ3n) is 4.54. The Balaban J connectivity index is 1.60. The zero-order chi connectivity index (χ0) is 19.2. The number of carbonyl (C=O) groups is 2. The van der Waals surface area contributed by atoms with Gasteiger partial charge < -0.3 is 4.84 Å². The van der Waals surface area contributed by atoms with Crippen molar-refractivity contribution in [2.75, 3.05) is 4.90 Å². The Morgan fingerprint density at radius 1 is 1.15 bits per heavy atom. The van der Waals surface area contributed by atoms with Crippen molar-refractivity contribution < 1.29 is 23.7 Å². The van der Waals surface area contributed by atoms with Crippen molar-refractivity contribution in [3.63, 3.8) is 0 Å². The Morgan fingerprint density at radius 3 is 2.59 bits per heavy atom. The Labute approximate surface area is 152 Å². The summed E-state index contributed by atoms with van der Waals surface area (Å²) < 4.78 is 13.1. The molecule has 9 heteroatoms. The van der Waals surface area contributed by atoms with Crippen molar-refractivity contribution in [3.8, 4) is 0 Å². The molecule has 2 aliphatic heterocycles. The smallest absolute Gasteiger partial charge is 0.281 e. The van der Waals surface area contributed by atoms with Gasteiger partial charge in [0.2, 0.25) is 11.5 Å². The quantitative estimate of drug-likeness (QED) is 0.470. The highest BCUT2D eigenvalue weighted by Crippen LogP contribution is 2.39. The molecule has 2 heterocycles. The molecule has 0 unspecified atom stereocenters. The van der Waals surface area contributed by atoms with Crippen LogP contribution in [0, 0.1) is 15.9 Å². The van der Waals surface area contributed by atoms with Gasteiger partial charge in [0.05, 0.1) is 22.7 Å². The van der Waals surface area contributed by atoms with Gasteiger partial charge in [-0.3, -0.25) is 19.7 Å². The predicted molar refractivity (Wildman–Crippen MR) is 91.6 cm³/mol. The van der Waals surface area contributed by atoms with Crippen molar-refractivity contribution in [2.24, 2.45) is 5.16 Å². The van der Waals surface area contributed by atoms with Gasteiger partial charge >= 0.3 is 0 Å². The monoisotopic (exact) mass is 369 g/mol. The first kappa shape index (κ1) is 16.8. The predicted octanol–water partition coefficient (Wildman–Crippen LogP) is 2.56. The number of hydrogen-bond donors (Lipinski definition) is 0. The van der Waals surface area contributed by atoms with Gasteiger partial charge in [-0.1, -0.05) is 17.3 Å². The fraction of sp³-hybridized carbons (Fsp3) is 0.167. The summed E-state index contributed by atoms with van der Waals surface area (Å²) in [6.45, 7) is 0. The van der Waals surface area contributed by atoms with Gasteiger partial charge in [-0.15, -0.1) is 0 Å². The van der Waals surface area contributed by atoms with Crippen molar-refractivity contribution >= 4 is 28.9 Å². The molecule has 0 saturated carbocycles. The molecule has 2 aromatic carbocycles. The highest BCUT2D eigenvalue weighted by atomic mass is 19.1. The van der Waals surface area contributed by atoms with Crippen molar-refractivity contribution in [2.45, 2.75) is 18.4 Å². The van der Waals surface area contributed by atoms with Crippen molar-refractivity contribution in [1.29, 1.82) is 0 Å². The van der Waals surface area contributed by atoms with E-state index < -0.39 is 28.2 Å². The third-order valence-corrected chi connectivity index (χ3v) is 4.54. The Hall–Kier alpha value is -3.62. The number of imide groups is 1. The number of benzene rings is 2. The van der Waals surface area contributed by atoms with E-state index in [1.54, 1.807) is 6.07 Å². The molecular formula is C18H12FN3O5. The number of amides is 2. The summed E-state index contributed by atoms with van der Waals surface area (Å²) in [5.74, 6) is -1.56. The first-order valence-corrected chi connectivity index (χ1v) is 8.02. The summed E-state index contributed by atoms with van der Waals surface area (Å²) in [5, 5.41) is 14.8. The number of non-ortho nitro benzene ring substituents is 1. The van der Waals surface area contributed by atoms with E-state index in [4.69, 9.17) is 4.84 Å². The van der Waals surface area contributed by atoms with Crippen molar-refractivity contribution in [3.05, 3.63) is 70.0 Å². The Kier molecular flexibility index (Phi) is 3.72. The Morgan fingerprint density at radius 2 is 1.89 bits per heavy atom. The normalized spacial score (nSPS) is 21.5. The van der Waals surface area contributed by atoms with Crippen LogP contribution in [-0.4, -0.2) is 28.1 Å². The van der Waals surface area contributed by atoms with Crippen LogP contribution < -0.4 is 4.90 Å². The molecule has 0 N–H and O–H groups in total. The van der Waals surface area contributed by atoms with Gasteiger partial charge in [-0.05, 0) is 24.3 Å². The van der Waals surface area contributed by atoms with Crippen LogP contribution >= 0.6 is 0 Å². The zero-order valence-electron chi connectivity index (χ0n) is 13.8. The molecule has 1 saturated heterocycles. The molecule has 4 rings (SSSR count). The lowest BCUT2D eigenvalue weighted by molar-refractivity contribution is -0.384. The van der Waals surface area contributed by atoms with E-state index in [9.17, 15) is 24.1 Å². The minimum absolute atomic E-state index is 0.0104. The van der Waals surface area contributed by atoms with Gasteiger partial charge in [0, 0.05) is 24.1 Å². The fourth-order valence-electron chi connectivity index (χ4n) is 3.21. The average Bonchev–Trinajstić information content (AvgIpc) is 3.18. The van der Waals surface area contributed by atoms with Crippen LogP contribution in [0.1, 0.15) is 18.4 Å². The van der Waals surface area contributed by atoms with Crippen LogP contribution in [0.3, 0.4) is 0 Å². The molecule has 136 valence electrons. The maximum atomic E-state index is 13.1. The van der Waals surface area contributed by atoms with Crippen LogP contribution in [0.2, 0.25) is 0 Å². The minimum atomic E-state index is -1.48. The first-order chi connectivity index (χ1) is 12.9. The number of nitro groups is 1. The zero-order valence-corrected chi connectivity index (χ0v) is 13.8. The molecule has 27 heavy (non-hydrogen) atoms. The molecule has 2 aliphatic rings. The van der Waals surface area contributed by atoms with Crippen molar-refractivity contribution in [1.82, 2.24) is 0 Å². The van der Waals surface area contributed by atoms with Gasteiger partial charge in [0.15, 0.2) is 0 Å². The van der Waals surface area contributed by atoms with Gasteiger partial charge in [0.25, 0.3) is 11.6 Å². The van der Waals surface area contributed by atoms with E-state index in [1.807, 2.05) is 0 Å². The van der Waals surface area contributed by atoms with Crippen LogP contribution in [-0.2, 0) is 14.4 Å². The number of anilines is 1. The molecule has 1 fully saturated rings. The standard InChI is InChI=1S/C18H12FN3O5/c19-12-4-6-13(7-5-12)21-16(23)10-18(17(21)24)9-15(20-27-18)11-2-1-3-14(8-11)22(25)26/h1-8H,9-10H2/t18-/m0/s1. The number of rotatable bonds is 3. The van der Waals surface area contributed by atoms with Crippen LogP contribution in [0.25, 0.3) is 0 Å². The second kappa shape index (κ2) is 5.97. The lowest BCUT2D eigenvalue weighted by Gasteiger charge is -2.19. The number of hydrogen-bond acceptors (Lipinski definition) is 6. The number of carbonyl (C=O) groups excluding carboxylic acids is 2. The second-order valence-corrected chi connectivity index (χ2v) is 6.30. The molecule has 0 aromatic heterocycles. The lowest BCUT2D eigenvalue weighted by atomic mass is 9.92. The lowest BCUT2D eigenvalue weighted by Crippen LogP contribution is -2.40. The summed E-state index contributed by atoms with van der Waals surface area (Å²) in [6, 6.07) is 10.8. The van der Waals surface area contributed by atoms with Gasteiger partial charge in [0.1, 0.15) is 5.82 Å². The molecular weight excluding hydrogens is 357 g/mol. The largest absolute Gasteiger partial charge is 0.378 e. The number of nitrogens with zero attached hydrogens (tertiary/aromatic N) is 3. The topological polar surface area (TPSA) is 102 Å². The fourth-order valence-corrected chi connectivity index (χ4v) is 3.21. The number of halogens is 1. The van der Waals surface area contributed by atoms with Gasteiger partial charge in [-0.2, -0.15) is 0 Å². The third kappa shape index (κ3) is 2.73. The summed E-state index contributed by atoms with van der Waals surface area (Å²) in [5.41, 5.74) is -0.554. The van der Waals surface area contributed by atoms with E-state index in [-0.39, 0.29) is 24.2 Å². The van der Waals surface area contributed by atoms with Crippen LogP contribution in [0.15, 0.2) is 53.7 Å². The second-order valence-electron chi connectivity index (χ2n) is 6.30. The highest BCUT2D eigenvalue weighted by molar-refractivity contribution is 6.25. The molecule has 2 amide bonds. The number of nitro benzene ring substituents is 1. The van der Waals surface area contributed by atoms with E-state index in [1.165, 1.54) is 30.3 Å². The minimum Gasteiger partial charge on any atom is -0.378 e. The Bertz CT molecular complexity index is 1000. The van der Waals surface area contributed by atoms with E-state index in [0.29, 0.717) is 11.3 Å². The van der Waals surface area contributed by atoms with Crippen LogP contribution in [0.5, 0.6) is 0 Å². The molecule has 8 nitrogen and oxygen atoms in total. The van der Waals surface area contributed by atoms with E-state index >= 15 is 0 Å². The first-order valence-electron chi connectivity index (χ1n) is 8.02. The summed E-state index contributed by atoms with van der Waals surface area (Å²) in [7, 11) is 0. The molecule has 0 bridgehead atoms. The highest BCUT2D eigenvalue weighted by Gasteiger charge is 2.58. The number of oxime groups is 1. The van der Waals surface area contributed by atoms with Gasteiger partial charge in [-0.25, -0.2) is 9.29 Å². The van der Waals surface area contributed by atoms with Crippen LogP contribution in [0.4, 0.5) is 15.8 Å². The van der Waals surface area contributed by atoms with E-state index in [2.05, 4.69) is 5.16 Å². The summed E-state index contributed by atoms with van der Waals surface area (Å²) >= 11 is 0. The summed E-state index contributed by atoms with van der Waals surface area (Å²) in [6.07, 6.45) is -0.207. The maximum absolute atomic E-state index is 13.1. The molecule has 0 aliphatic carbocycles. The van der Waals surface area contributed by atoms with E-state index in [0.717, 1.165) is 17.0 Å². The maximum Gasteiger partial charge on any atom is 0.281 e. The molecule has 0 radical (unpaired) electrons. The molecule has 1 spiro atoms. The molecule has 2 aromatic rings.